The number of piperidine rings is 1. The minimum atomic E-state index is 0.736. The van der Waals surface area contributed by atoms with Crippen LogP contribution in [0.2, 0.25) is 0 Å². The zero-order valence-corrected chi connectivity index (χ0v) is 12.0. The lowest BCUT2D eigenvalue weighted by Crippen LogP contribution is -2.43. The lowest BCUT2D eigenvalue weighted by atomic mass is 9.87. The van der Waals surface area contributed by atoms with Crippen molar-refractivity contribution in [1.82, 2.24) is 4.90 Å². The average Bonchev–Trinajstić information content (AvgIpc) is 2.85. The predicted octanol–water partition coefficient (Wildman–Crippen LogP) is 3.53. The van der Waals surface area contributed by atoms with E-state index in [1.807, 2.05) is 0 Å². The molecule has 3 fully saturated rings. The van der Waals surface area contributed by atoms with E-state index in [-0.39, 0.29) is 0 Å². The van der Waals surface area contributed by atoms with Crippen LogP contribution in [0.25, 0.3) is 0 Å². The number of fused-ring (bicyclic) bond motifs is 2. The highest BCUT2D eigenvalue weighted by atomic mass is 79.9. The quantitative estimate of drug-likeness (QED) is 0.702. The Morgan fingerprint density at radius 3 is 2.69 bits per heavy atom. The zero-order chi connectivity index (χ0) is 11.1. The Kier molecular flexibility index (Phi) is 3.32. The molecule has 2 bridgehead atoms. The van der Waals surface area contributed by atoms with Crippen LogP contribution in [-0.4, -0.2) is 29.4 Å². The second-order valence-electron chi connectivity index (χ2n) is 6.48. The molecule has 1 heterocycles. The van der Waals surface area contributed by atoms with Gasteiger partial charge in [0.15, 0.2) is 0 Å². The van der Waals surface area contributed by atoms with Gasteiger partial charge in [-0.1, -0.05) is 29.3 Å². The smallest absolute Gasteiger partial charge is 0.0299 e. The van der Waals surface area contributed by atoms with E-state index in [0.29, 0.717) is 0 Å². The van der Waals surface area contributed by atoms with Crippen molar-refractivity contribution in [1.29, 1.82) is 0 Å². The second kappa shape index (κ2) is 4.61. The van der Waals surface area contributed by atoms with Gasteiger partial charge in [-0.2, -0.15) is 0 Å². The summed E-state index contributed by atoms with van der Waals surface area (Å²) < 4.78 is 0. The van der Waals surface area contributed by atoms with Crippen LogP contribution in [0.5, 0.6) is 0 Å². The van der Waals surface area contributed by atoms with Crippen molar-refractivity contribution in [2.75, 3.05) is 19.6 Å². The van der Waals surface area contributed by atoms with Gasteiger partial charge >= 0.3 is 0 Å². The second-order valence-corrected chi connectivity index (χ2v) is 7.65. The summed E-state index contributed by atoms with van der Waals surface area (Å²) in [5.41, 5.74) is 0. The molecule has 92 valence electrons. The molecule has 3 rings (SSSR count). The molecule has 1 nitrogen and oxygen atoms in total. The Morgan fingerprint density at radius 1 is 1.19 bits per heavy atom. The molecule has 0 N–H and O–H groups in total. The summed E-state index contributed by atoms with van der Waals surface area (Å²) in [5.74, 6) is 4.12. The van der Waals surface area contributed by atoms with Gasteiger partial charge < -0.3 is 4.90 Å². The minimum absolute atomic E-state index is 0.736. The molecule has 0 radical (unpaired) electrons. The molecule has 5 unspecified atom stereocenters. The van der Waals surface area contributed by atoms with E-state index in [2.05, 4.69) is 27.8 Å². The molecule has 1 aliphatic heterocycles. The Bertz CT molecular complexity index is 255. The Morgan fingerprint density at radius 2 is 2.06 bits per heavy atom. The van der Waals surface area contributed by atoms with Gasteiger partial charge in [0.2, 0.25) is 0 Å². The summed E-state index contributed by atoms with van der Waals surface area (Å²) in [6.45, 7) is 6.41. The molecule has 0 aromatic carbocycles. The van der Waals surface area contributed by atoms with Crippen molar-refractivity contribution in [3.8, 4) is 0 Å². The molecule has 2 saturated carbocycles. The Hall–Kier alpha value is 0.440. The van der Waals surface area contributed by atoms with Crippen LogP contribution in [0.4, 0.5) is 0 Å². The summed E-state index contributed by atoms with van der Waals surface area (Å²) in [4.78, 5) is 3.46. The number of hydrogen-bond acceptors (Lipinski definition) is 1. The predicted molar refractivity (Wildman–Crippen MR) is 71.9 cm³/mol. The van der Waals surface area contributed by atoms with Gasteiger partial charge in [0.1, 0.15) is 0 Å². The zero-order valence-electron chi connectivity index (χ0n) is 10.4. The number of hydrogen-bond donors (Lipinski definition) is 0. The highest BCUT2D eigenvalue weighted by Gasteiger charge is 2.40. The standard InChI is InChI=1S/C14H24BrN/c1-10-4-5-16(9-14(10)15)8-13-7-11-2-3-12(13)6-11/h10-14H,2-9H2,1H3. The Balaban J connectivity index is 1.52. The van der Waals surface area contributed by atoms with Crippen LogP contribution in [0.1, 0.15) is 39.0 Å². The van der Waals surface area contributed by atoms with E-state index in [0.717, 1.165) is 28.5 Å². The third-order valence-corrected chi connectivity index (χ3v) is 6.52. The van der Waals surface area contributed by atoms with Gasteiger partial charge in [-0.15, -0.1) is 0 Å². The van der Waals surface area contributed by atoms with Crippen LogP contribution in [0.15, 0.2) is 0 Å². The van der Waals surface area contributed by atoms with Crippen molar-refractivity contribution in [2.24, 2.45) is 23.7 Å². The van der Waals surface area contributed by atoms with Crippen LogP contribution in [-0.2, 0) is 0 Å². The maximum atomic E-state index is 3.84. The van der Waals surface area contributed by atoms with Gasteiger partial charge in [-0.25, -0.2) is 0 Å². The third kappa shape index (κ3) is 2.20. The third-order valence-electron chi connectivity index (χ3n) is 5.33. The summed E-state index contributed by atoms with van der Waals surface area (Å²) in [6.07, 6.45) is 7.57. The SMILES string of the molecule is CC1CCN(CC2CC3CCC2C3)CC1Br. The number of likely N-dealkylation sites (tertiary alicyclic amines) is 1. The number of alkyl halides is 1. The topological polar surface area (TPSA) is 3.24 Å². The molecule has 2 heteroatoms. The molecular formula is C14H24BrN. The molecule has 1 saturated heterocycles. The highest BCUT2D eigenvalue weighted by molar-refractivity contribution is 9.09. The molecule has 5 atom stereocenters. The maximum absolute atomic E-state index is 3.84. The van der Waals surface area contributed by atoms with Crippen molar-refractivity contribution in [3.63, 3.8) is 0 Å². The minimum Gasteiger partial charge on any atom is -0.302 e. The normalized spacial score (nSPS) is 48.8. The van der Waals surface area contributed by atoms with Crippen LogP contribution in [0.3, 0.4) is 0 Å². The first-order valence-corrected chi connectivity index (χ1v) is 8.00. The summed E-state index contributed by atoms with van der Waals surface area (Å²) in [7, 11) is 0. The van der Waals surface area contributed by atoms with E-state index in [9.17, 15) is 0 Å². The number of rotatable bonds is 2. The fourth-order valence-electron chi connectivity index (χ4n) is 4.18. The number of halogens is 1. The fourth-order valence-corrected chi connectivity index (χ4v) is 4.86. The van der Waals surface area contributed by atoms with E-state index in [4.69, 9.17) is 0 Å². The Labute approximate surface area is 108 Å². The lowest BCUT2D eigenvalue weighted by Gasteiger charge is -2.37. The fraction of sp³-hybridized carbons (Fsp3) is 1.00. The van der Waals surface area contributed by atoms with E-state index >= 15 is 0 Å². The maximum Gasteiger partial charge on any atom is 0.0299 e. The van der Waals surface area contributed by atoms with Crippen LogP contribution < -0.4 is 0 Å². The molecule has 0 aromatic heterocycles. The van der Waals surface area contributed by atoms with Crippen LogP contribution >= 0.6 is 15.9 Å². The van der Waals surface area contributed by atoms with Crippen molar-refractivity contribution in [2.45, 2.75) is 43.9 Å². The van der Waals surface area contributed by atoms with E-state index in [1.165, 1.54) is 32.5 Å². The van der Waals surface area contributed by atoms with E-state index < -0.39 is 0 Å². The van der Waals surface area contributed by atoms with Crippen molar-refractivity contribution < 1.29 is 0 Å². The van der Waals surface area contributed by atoms with Gasteiger partial charge in [0.25, 0.3) is 0 Å². The summed E-state index contributed by atoms with van der Waals surface area (Å²) in [5, 5.41) is 0. The monoisotopic (exact) mass is 285 g/mol. The van der Waals surface area contributed by atoms with Gasteiger partial charge in [0, 0.05) is 17.9 Å². The number of nitrogens with zero attached hydrogens (tertiary/aromatic N) is 1. The first-order valence-electron chi connectivity index (χ1n) is 7.09. The van der Waals surface area contributed by atoms with Crippen molar-refractivity contribution >= 4 is 15.9 Å². The average molecular weight is 286 g/mol. The molecule has 0 spiro atoms. The highest BCUT2D eigenvalue weighted by Crippen LogP contribution is 2.48. The summed E-state index contributed by atoms with van der Waals surface area (Å²) >= 11 is 3.84. The van der Waals surface area contributed by atoms with Crippen molar-refractivity contribution in [3.05, 3.63) is 0 Å². The van der Waals surface area contributed by atoms with Gasteiger partial charge in [0.05, 0.1) is 0 Å². The first-order chi connectivity index (χ1) is 7.72. The molecule has 3 aliphatic rings. The van der Waals surface area contributed by atoms with E-state index in [1.54, 1.807) is 19.3 Å². The molecule has 16 heavy (non-hydrogen) atoms. The molecular weight excluding hydrogens is 262 g/mol. The largest absolute Gasteiger partial charge is 0.302 e. The molecule has 2 aliphatic carbocycles. The lowest BCUT2D eigenvalue weighted by molar-refractivity contribution is 0.150. The first kappa shape index (κ1) is 11.5. The molecule has 0 amide bonds. The molecule has 0 aromatic rings. The van der Waals surface area contributed by atoms with Gasteiger partial charge in [-0.05, 0) is 55.9 Å². The van der Waals surface area contributed by atoms with Crippen LogP contribution in [0, 0.1) is 23.7 Å². The summed E-state index contributed by atoms with van der Waals surface area (Å²) in [6, 6.07) is 0. The van der Waals surface area contributed by atoms with Gasteiger partial charge in [-0.3, -0.25) is 0 Å².